The van der Waals surface area contributed by atoms with E-state index in [0.29, 0.717) is 12.5 Å². The highest BCUT2D eigenvalue weighted by Crippen LogP contribution is 2.36. The SMILES string of the molecule is CCOc1cc(CC)c(OC)cc1[C@H]1CCCNC1. The van der Waals surface area contributed by atoms with Crippen LogP contribution in [0.1, 0.15) is 43.7 Å². The number of aryl methyl sites for hydroxylation is 1. The fraction of sp³-hybridized carbons (Fsp3) is 0.625. The summed E-state index contributed by atoms with van der Waals surface area (Å²) in [4.78, 5) is 0. The Balaban J connectivity index is 2.37. The molecule has 1 fully saturated rings. The van der Waals surface area contributed by atoms with Gasteiger partial charge in [0.1, 0.15) is 11.5 Å². The van der Waals surface area contributed by atoms with Crippen LogP contribution in [0.15, 0.2) is 12.1 Å². The van der Waals surface area contributed by atoms with Crippen molar-refractivity contribution < 1.29 is 9.47 Å². The first-order chi connectivity index (χ1) is 9.30. The highest BCUT2D eigenvalue weighted by molar-refractivity contribution is 5.48. The summed E-state index contributed by atoms with van der Waals surface area (Å²) in [5, 5.41) is 3.47. The van der Waals surface area contributed by atoms with Crippen molar-refractivity contribution >= 4 is 0 Å². The third-order valence-electron chi connectivity index (χ3n) is 3.83. The van der Waals surface area contributed by atoms with Crippen molar-refractivity contribution in [1.82, 2.24) is 5.32 Å². The molecule has 1 heterocycles. The molecule has 1 aliphatic rings. The number of rotatable bonds is 5. The average molecular weight is 263 g/mol. The molecule has 0 amide bonds. The van der Waals surface area contributed by atoms with Crippen LogP contribution in [0.25, 0.3) is 0 Å². The third-order valence-corrected chi connectivity index (χ3v) is 3.83. The van der Waals surface area contributed by atoms with Gasteiger partial charge in [0.05, 0.1) is 13.7 Å². The van der Waals surface area contributed by atoms with Crippen LogP contribution in [0.2, 0.25) is 0 Å². The van der Waals surface area contributed by atoms with E-state index >= 15 is 0 Å². The van der Waals surface area contributed by atoms with Gasteiger partial charge in [0.25, 0.3) is 0 Å². The van der Waals surface area contributed by atoms with Gasteiger partial charge >= 0.3 is 0 Å². The molecule has 0 saturated carbocycles. The normalized spacial score (nSPS) is 19.2. The molecule has 1 atom stereocenters. The zero-order chi connectivity index (χ0) is 13.7. The van der Waals surface area contributed by atoms with Gasteiger partial charge in [-0.05, 0) is 50.4 Å². The van der Waals surface area contributed by atoms with Crippen molar-refractivity contribution in [3.8, 4) is 11.5 Å². The van der Waals surface area contributed by atoms with Crippen molar-refractivity contribution in [1.29, 1.82) is 0 Å². The maximum absolute atomic E-state index is 5.85. The molecule has 0 aliphatic carbocycles. The summed E-state index contributed by atoms with van der Waals surface area (Å²) in [7, 11) is 1.75. The molecule has 1 aliphatic heterocycles. The molecule has 1 saturated heterocycles. The van der Waals surface area contributed by atoms with Crippen LogP contribution in [0, 0.1) is 0 Å². The highest BCUT2D eigenvalue weighted by atomic mass is 16.5. The molecule has 3 heteroatoms. The van der Waals surface area contributed by atoms with Crippen LogP contribution in [0.4, 0.5) is 0 Å². The topological polar surface area (TPSA) is 30.5 Å². The monoisotopic (exact) mass is 263 g/mol. The first kappa shape index (κ1) is 14.2. The van der Waals surface area contributed by atoms with Gasteiger partial charge in [-0.1, -0.05) is 6.92 Å². The Morgan fingerprint density at radius 3 is 2.68 bits per heavy atom. The van der Waals surface area contributed by atoms with Gasteiger partial charge in [-0.25, -0.2) is 0 Å². The molecule has 0 unspecified atom stereocenters. The lowest BCUT2D eigenvalue weighted by atomic mass is 9.89. The zero-order valence-corrected chi connectivity index (χ0v) is 12.3. The number of benzene rings is 1. The quantitative estimate of drug-likeness (QED) is 0.885. The first-order valence-electron chi connectivity index (χ1n) is 7.34. The van der Waals surface area contributed by atoms with Crippen LogP contribution in [0.5, 0.6) is 11.5 Å². The summed E-state index contributed by atoms with van der Waals surface area (Å²) in [5.41, 5.74) is 2.52. The molecule has 3 nitrogen and oxygen atoms in total. The minimum atomic E-state index is 0.537. The fourth-order valence-electron chi connectivity index (χ4n) is 2.80. The summed E-state index contributed by atoms with van der Waals surface area (Å²) < 4.78 is 11.4. The second-order valence-electron chi connectivity index (χ2n) is 5.03. The van der Waals surface area contributed by atoms with Crippen LogP contribution >= 0.6 is 0 Å². The van der Waals surface area contributed by atoms with Crippen molar-refractivity contribution in [2.75, 3.05) is 26.8 Å². The average Bonchev–Trinajstić information content (AvgIpc) is 2.48. The summed E-state index contributed by atoms with van der Waals surface area (Å²) >= 11 is 0. The van der Waals surface area contributed by atoms with E-state index in [-0.39, 0.29) is 0 Å². The van der Waals surface area contributed by atoms with Crippen LogP contribution < -0.4 is 14.8 Å². The number of ether oxygens (including phenoxy) is 2. The summed E-state index contributed by atoms with van der Waals surface area (Å²) in [5.74, 6) is 2.57. The largest absolute Gasteiger partial charge is 0.496 e. The molecule has 0 spiro atoms. The van der Waals surface area contributed by atoms with Crippen molar-refractivity contribution in [2.45, 2.75) is 39.0 Å². The molecule has 0 radical (unpaired) electrons. The van der Waals surface area contributed by atoms with Crippen molar-refractivity contribution in [3.63, 3.8) is 0 Å². The van der Waals surface area contributed by atoms with Gasteiger partial charge in [-0.2, -0.15) is 0 Å². The Morgan fingerprint density at radius 2 is 2.11 bits per heavy atom. The fourth-order valence-corrected chi connectivity index (χ4v) is 2.80. The maximum Gasteiger partial charge on any atom is 0.123 e. The van der Waals surface area contributed by atoms with E-state index in [4.69, 9.17) is 9.47 Å². The number of piperidine rings is 1. The van der Waals surface area contributed by atoms with E-state index in [1.807, 2.05) is 6.92 Å². The highest BCUT2D eigenvalue weighted by Gasteiger charge is 2.21. The Morgan fingerprint density at radius 1 is 1.26 bits per heavy atom. The molecule has 2 rings (SSSR count). The number of hydrogen-bond acceptors (Lipinski definition) is 3. The predicted octanol–water partition coefficient (Wildman–Crippen LogP) is 3.12. The standard InChI is InChI=1S/C16H25NO2/c1-4-12-9-16(19-5-2)14(10-15(12)18-3)13-7-6-8-17-11-13/h9-10,13,17H,4-8,11H2,1-3H3/t13-/m0/s1. The summed E-state index contributed by atoms with van der Waals surface area (Å²) in [6, 6.07) is 4.34. The minimum absolute atomic E-state index is 0.537. The Labute approximate surface area is 116 Å². The maximum atomic E-state index is 5.85. The van der Waals surface area contributed by atoms with Gasteiger partial charge in [-0.15, -0.1) is 0 Å². The zero-order valence-electron chi connectivity index (χ0n) is 12.3. The molecular weight excluding hydrogens is 238 g/mol. The molecule has 106 valence electrons. The Bertz CT molecular complexity index is 411. The van der Waals surface area contributed by atoms with Crippen LogP contribution in [-0.2, 0) is 6.42 Å². The van der Waals surface area contributed by atoms with Crippen LogP contribution in [0.3, 0.4) is 0 Å². The van der Waals surface area contributed by atoms with E-state index in [0.717, 1.165) is 31.0 Å². The Hall–Kier alpha value is -1.22. The lowest BCUT2D eigenvalue weighted by Crippen LogP contribution is -2.28. The van der Waals surface area contributed by atoms with Crippen molar-refractivity contribution in [2.24, 2.45) is 0 Å². The third kappa shape index (κ3) is 3.21. The molecule has 1 N–H and O–H groups in total. The van der Waals surface area contributed by atoms with Gasteiger partial charge in [0.2, 0.25) is 0 Å². The number of methoxy groups -OCH3 is 1. The van der Waals surface area contributed by atoms with E-state index < -0.39 is 0 Å². The van der Waals surface area contributed by atoms with Crippen molar-refractivity contribution in [3.05, 3.63) is 23.3 Å². The molecule has 0 aromatic heterocycles. The lowest BCUT2D eigenvalue weighted by Gasteiger charge is -2.26. The first-order valence-corrected chi connectivity index (χ1v) is 7.34. The van der Waals surface area contributed by atoms with E-state index in [2.05, 4.69) is 24.4 Å². The molecular formula is C16H25NO2. The predicted molar refractivity (Wildman–Crippen MR) is 78.4 cm³/mol. The van der Waals surface area contributed by atoms with E-state index in [9.17, 15) is 0 Å². The molecule has 0 bridgehead atoms. The van der Waals surface area contributed by atoms with Gasteiger partial charge in [0, 0.05) is 18.0 Å². The molecule has 1 aromatic rings. The second kappa shape index (κ2) is 6.80. The number of nitrogens with one attached hydrogen (secondary N) is 1. The van der Waals surface area contributed by atoms with Gasteiger partial charge in [0.15, 0.2) is 0 Å². The minimum Gasteiger partial charge on any atom is -0.496 e. The van der Waals surface area contributed by atoms with Gasteiger partial charge in [-0.3, -0.25) is 0 Å². The Kier molecular flexibility index (Phi) is 5.08. The van der Waals surface area contributed by atoms with Gasteiger partial charge < -0.3 is 14.8 Å². The lowest BCUT2D eigenvalue weighted by molar-refractivity contribution is 0.327. The summed E-state index contributed by atoms with van der Waals surface area (Å²) in [6.07, 6.45) is 3.42. The summed E-state index contributed by atoms with van der Waals surface area (Å²) in [6.45, 7) is 7.07. The molecule has 19 heavy (non-hydrogen) atoms. The smallest absolute Gasteiger partial charge is 0.123 e. The molecule has 1 aromatic carbocycles. The number of hydrogen-bond donors (Lipinski definition) is 1. The van der Waals surface area contributed by atoms with E-state index in [1.54, 1.807) is 7.11 Å². The second-order valence-corrected chi connectivity index (χ2v) is 5.03. The van der Waals surface area contributed by atoms with E-state index in [1.165, 1.54) is 24.0 Å². The van der Waals surface area contributed by atoms with Crippen LogP contribution in [-0.4, -0.2) is 26.8 Å².